The quantitative estimate of drug-likeness (QED) is 0.314. The van der Waals surface area contributed by atoms with Crippen LogP contribution in [0.15, 0.2) is 29.8 Å². The molecule has 1 saturated heterocycles. The maximum atomic E-state index is 13.6. The molecule has 0 aliphatic carbocycles. The molecule has 3 rings (SSSR count). The van der Waals surface area contributed by atoms with Gasteiger partial charge in [-0.3, -0.25) is 14.4 Å². The first-order chi connectivity index (χ1) is 18.0. The lowest BCUT2D eigenvalue weighted by Crippen LogP contribution is -2.57. The number of ether oxygens (including phenoxy) is 1. The van der Waals surface area contributed by atoms with Gasteiger partial charge in [-0.2, -0.15) is 0 Å². The number of aryl methyl sites for hydroxylation is 1. The highest BCUT2D eigenvalue weighted by Crippen LogP contribution is 2.28. The highest BCUT2D eigenvalue weighted by atomic mass is 32.1. The minimum absolute atomic E-state index is 0.0296. The van der Waals surface area contributed by atoms with Gasteiger partial charge in [0, 0.05) is 32.5 Å². The van der Waals surface area contributed by atoms with Crippen molar-refractivity contribution < 1.29 is 24.2 Å². The monoisotopic (exact) mass is 545 g/mol. The van der Waals surface area contributed by atoms with Crippen LogP contribution in [0.1, 0.15) is 44.9 Å². The maximum Gasteiger partial charge on any atom is 0.246 e. The van der Waals surface area contributed by atoms with Crippen LogP contribution < -0.4 is 16.4 Å². The van der Waals surface area contributed by atoms with Gasteiger partial charge in [-0.05, 0) is 23.5 Å². The van der Waals surface area contributed by atoms with Crippen LogP contribution in [0, 0.1) is 12.3 Å². The van der Waals surface area contributed by atoms with Crippen LogP contribution in [0.4, 0.5) is 0 Å². The Morgan fingerprint density at radius 2 is 1.95 bits per heavy atom. The number of nitrogens with one attached hydrogen (secondary N) is 2. The second-order valence-corrected chi connectivity index (χ2v) is 11.4. The minimum Gasteiger partial charge on any atom is -0.391 e. The lowest BCUT2D eigenvalue weighted by molar-refractivity contribution is -0.144. The number of amides is 3. The number of aliphatic hydroxyl groups is 1. The summed E-state index contributed by atoms with van der Waals surface area (Å²) in [6.07, 6.45) is -0.593. The fourth-order valence-corrected chi connectivity index (χ4v) is 5.18. The van der Waals surface area contributed by atoms with E-state index in [1.165, 1.54) is 4.90 Å². The van der Waals surface area contributed by atoms with Crippen molar-refractivity contribution in [2.24, 2.45) is 11.1 Å². The summed E-state index contributed by atoms with van der Waals surface area (Å²) in [6, 6.07) is 6.19. The van der Waals surface area contributed by atoms with Gasteiger partial charge in [-0.1, -0.05) is 45.0 Å². The van der Waals surface area contributed by atoms with Gasteiger partial charge in [0.1, 0.15) is 12.1 Å². The zero-order chi connectivity index (χ0) is 27.9. The number of hydrogen-bond donors (Lipinski definition) is 4. The van der Waals surface area contributed by atoms with Gasteiger partial charge in [-0.15, -0.1) is 11.3 Å². The topological polar surface area (TPSA) is 147 Å². The number of benzene rings is 1. The number of hydrogen-bond acceptors (Lipinski definition) is 8. The van der Waals surface area contributed by atoms with Crippen molar-refractivity contribution in [2.75, 3.05) is 26.3 Å². The third-order valence-electron chi connectivity index (χ3n) is 6.45. The molecular weight excluding hydrogens is 506 g/mol. The molecule has 1 fully saturated rings. The smallest absolute Gasteiger partial charge is 0.246 e. The van der Waals surface area contributed by atoms with E-state index in [2.05, 4.69) is 15.6 Å². The van der Waals surface area contributed by atoms with E-state index in [1.54, 1.807) is 11.3 Å². The van der Waals surface area contributed by atoms with Crippen molar-refractivity contribution in [1.82, 2.24) is 20.5 Å². The predicted octanol–water partition coefficient (Wildman–Crippen LogP) is 1.59. The summed E-state index contributed by atoms with van der Waals surface area (Å²) in [7, 11) is 0. The van der Waals surface area contributed by atoms with Gasteiger partial charge in [0.15, 0.2) is 0 Å². The Hall–Kier alpha value is -2.86. The van der Waals surface area contributed by atoms with Crippen LogP contribution in [0.25, 0.3) is 10.4 Å². The molecule has 208 valence electrons. The van der Waals surface area contributed by atoms with Crippen molar-refractivity contribution in [3.63, 3.8) is 0 Å². The van der Waals surface area contributed by atoms with Crippen LogP contribution in [-0.4, -0.2) is 77.2 Å². The van der Waals surface area contributed by atoms with E-state index in [1.807, 2.05) is 57.5 Å². The van der Waals surface area contributed by atoms with Gasteiger partial charge in [0.05, 0.1) is 35.4 Å². The van der Waals surface area contributed by atoms with Crippen LogP contribution in [0.3, 0.4) is 0 Å². The van der Waals surface area contributed by atoms with E-state index < -0.39 is 29.5 Å². The van der Waals surface area contributed by atoms with Gasteiger partial charge < -0.3 is 31.1 Å². The van der Waals surface area contributed by atoms with Crippen molar-refractivity contribution in [1.29, 1.82) is 0 Å². The van der Waals surface area contributed by atoms with Crippen LogP contribution in [0.2, 0.25) is 0 Å². The summed E-state index contributed by atoms with van der Waals surface area (Å²) < 4.78 is 5.27. The molecular formula is C27H39N5O5S. The Bertz CT molecular complexity index is 1100. The molecule has 0 radical (unpaired) electrons. The molecule has 2 heterocycles. The lowest BCUT2D eigenvalue weighted by atomic mass is 9.85. The average Bonchev–Trinajstić information content (AvgIpc) is 3.48. The first kappa shape index (κ1) is 29.7. The summed E-state index contributed by atoms with van der Waals surface area (Å²) in [5.41, 5.74) is 9.55. The number of carbonyl (C=O) groups is 3. The van der Waals surface area contributed by atoms with E-state index in [4.69, 9.17) is 10.5 Å². The third kappa shape index (κ3) is 7.83. The average molecular weight is 546 g/mol. The molecule has 38 heavy (non-hydrogen) atoms. The van der Waals surface area contributed by atoms with E-state index in [-0.39, 0.29) is 44.4 Å². The largest absolute Gasteiger partial charge is 0.391 e. The molecule has 2 aromatic rings. The van der Waals surface area contributed by atoms with E-state index in [0.29, 0.717) is 13.2 Å². The molecule has 3 atom stereocenters. The standard InChI is InChI=1S/C27H39N5O5S/c1-17-23(38-16-30-17)19-7-5-18(6-8-19)14-29-25(35)21-13-20(33)15-32(21)26(36)24(27(2,3)4)31-22(34)9-11-37-12-10-28/h5-8,16,20-21,24,33H,9-15,28H2,1-4H3,(H,29,35)(H,31,34)/t20?,21?,24-/m1/s1. The number of likely N-dealkylation sites (tertiary alicyclic amines) is 1. The van der Waals surface area contributed by atoms with Gasteiger partial charge in [0.2, 0.25) is 17.7 Å². The number of nitrogens with zero attached hydrogens (tertiary/aromatic N) is 2. The minimum atomic E-state index is -0.868. The van der Waals surface area contributed by atoms with Crippen LogP contribution in [-0.2, 0) is 25.7 Å². The second kappa shape index (κ2) is 13.3. The molecule has 3 amide bonds. The summed E-state index contributed by atoms with van der Waals surface area (Å²) in [5, 5.41) is 16.0. The van der Waals surface area contributed by atoms with Crippen molar-refractivity contribution >= 4 is 29.1 Å². The summed E-state index contributed by atoms with van der Waals surface area (Å²) in [4.78, 5) is 46.0. The van der Waals surface area contributed by atoms with E-state index in [0.717, 1.165) is 21.7 Å². The van der Waals surface area contributed by atoms with Gasteiger partial charge >= 0.3 is 0 Å². The Balaban J connectivity index is 1.63. The van der Waals surface area contributed by atoms with Gasteiger partial charge in [0.25, 0.3) is 0 Å². The SMILES string of the molecule is Cc1ncsc1-c1ccc(CNC(=O)C2CC(O)CN2C(=O)[C@@H](NC(=O)CCOCCN)C(C)(C)C)cc1. The zero-order valence-electron chi connectivity index (χ0n) is 22.5. The predicted molar refractivity (Wildman–Crippen MR) is 146 cm³/mol. The second-order valence-electron chi connectivity index (χ2n) is 10.6. The normalized spacial score (nSPS) is 18.3. The number of nitrogens with two attached hydrogens (primary N) is 1. The van der Waals surface area contributed by atoms with E-state index >= 15 is 0 Å². The number of thiazole rings is 1. The first-order valence-electron chi connectivity index (χ1n) is 12.8. The lowest BCUT2D eigenvalue weighted by Gasteiger charge is -2.35. The van der Waals surface area contributed by atoms with E-state index in [9.17, 15) is 19.5 Å². The maximum absolute atomic E-state index is 13.6. The molecule has 1 aliphatic heterocycles. The molecule has 1 aliphatic rings. The molecule has 0 spiro atoms. The Morgan fingerprint density at radius 3 is 2.55 bits per heavy atom. The summed E-state index contributed by atoms with van der Waals surface area (Å²) in [5.74, 6) is -1.06. The fraction of sp³-hybridized carbons (Fsp3) is 0.556. The number of β-amino-alcohol motifs (C(OH)–C–C–N with tert-alkyl or cyclic N) is 1. The number of carbonyl (C=O) groups excluding carboxylic acids is 3. The zero-order valence-corrected chi connectivity index (χ0v) is 23.3. The Kier molecular flexibility index (Phi) is 10.4. The molecule has 0 bridgehead atoms. The number of aromatic nitrogens is 1. The molecule has 1 aromatic heterocycles. The third-order valence-corrected chi connectivity index (χ3v) is 7.42. The molecule has 11 heteroatoms. The van der Waals surface area contributed by atoms with Crippen molar-refractivity contribution in [2.45, 2.75) is 65.3 Å². The Labute approximate surface area is 228 Å². The highest BCUT2D eigenvalue weighted by Gasteiger charge is 2.44. The highest BCUT2D eigenvalue weighted by molar-refractivity contribution is 7.13. The molecule has 1 aromatic carbocycles. The molecule has 0 saturated carbocycles. The number of rotatable bonds is 11. The van der Waals surface area contributed by atoms with Crippen molar-refractivity contribution in [3.05, 3.63) is 41.0 Å². The summed E-state index contributed by atoms with van der Waals surface area (Å²) in [6.45, 7) is 8.75. The first-order valence-corrected chi connectivity index (χ1v) is 13.7. The van der Waals surface area contributed by atoms with Gasteiger partial charge in [-0.25, -0.2) is 4.98 Å². The molecule has 5 N–H and O–H groups in total. The molecule has 10 nitrogen and oxygen atoms in total. The fourth-order valence-electron chi connectivity index (χ4n) is 4.36. The van der Waals surface area contributed by atoms with Crippen LogP contribution in [0.5, 0.6) is 0 Å². The Morgan fingerprint density at radius 1 is 1.24 bits per heavy atom. The summed E-state index contributed by atoms with van der Waals surface area (Å²) >= 11 is 1.58. The van der Waals surface area contributed by atoms with Crippen LogP contribution >= 0.6 is 11.3 Å². The van der Waals surface area contributed by atoms with Crippen molar-refractivity contribution in [3.8, 4) is 10.4 Å². The molecule has 2 unspecified atom stereocenters. The number of aliphatic hydroxyl groups excluding tert-OH is 1.